The Morgan fingerprint density at radius 2 is 1.83 bits per heavy atom. The van der Waals surface area contributed by atoms with Gasteiger partial charge in [0.15, 0.2) is 5.75 Å². The molecule has 0 atom stereocenters. The Balaban J connectivity index is 2.68. The molecule has 1 aromatic carbocycles. The maximum absolute atomic E-state index is 10.8. The number of rotatable bonds is 7. The third kappa shape index (κ3) is 4.52. The fraction of sp³-hybridized carbons (Fsp3) is 0.455. The summed E-state index contributed by atoms with van der Waals surface area (Å²) in [5.41, 5.74) is -0.179. The van der Waals surface area contributed by atoms with Gasteiger partial charge in [0, 0.05) is 18.0 Å². The Kier molecular flexibility index (Phi) is 6.54. The van der Waals surface area contributed by atoms with Crippen LogP contribution in [0.4, 0.5) is 5.69 Å². The summed E-state index contributed by atoms with van der Waals surface area (Å²) in [4.78, 5) is 10.3. The van der Waals surface area contributed by atoms with Gasteiger partial charge in [-0.05, 0) is 19.3 Å². The molecule has 0 aliphatic rings. The van der Waals surface area contributed by atoms with E-state index in [1.807, 2.05) is 0 Å². The smallest absolute Gasteiger partial charge is 0.312 e. The van der Waals surface area contributed by atoms with Crippen molar-refractivity contribution in [3.63, 3.8) is 0 Å². The maximum Gasteiger partial charge on any atom is 0.312 e. The standard InChI is InChI=1S/C11H12Cl3NO3/c12-4-2-1-3-5-18-11-7-9(14)8(13)6-10(11)15(16)17/h6-7H,1-5H2. The lowest BCUT2D eigenvalue weighted by atomic mass is 10.2. The van der Waals surface area contributed by atoms with E-state index in [2.05, 4.69) is 0 Å². The van der Waals surface area contributed by atoms with E-state index in [0.717, 1.165) is 19.3 Å². The van der Waals surface area contributed by atoms with E-state index in [4.69, 9.17) is 39.5 Å². The van der Waals surface area contributed by atoms with Gasteiger partial charge >= 0.3 is 5.69 Å². The van der Waals surface area contributed by atoms with Crippen molar-refractivity contribution >= 4 is 40.5 Å². The first-order chi connectivity index (χ1) is 8.56. The zero-order valence-corrected chi connectivity index (χ0v) is 11.8. The lowest BCUT2D eigenvalue weighted by Crippen LogP contribution is -2.01. The van der Waals surface area contributed by atoms with Crippen LogP contribution in [-0.2, 0) is 0 Å². The number of alkyl halides is 1. The number of nitro groups is 1. The molecule has 0 fully saturated rings. The molecular formula is C11H12Cl3NO3. The number of unbranched alkanes of at least 4 members (excludes halogenated alkanes) is 2. The van der Waals surface area contributed by atoms with Crippen molar-refractivity contribution in [2.45, 2.75) is 19.3 Å². The number of hydrogen-bond acceptors (Lipinski definition) is 3. The summed E-state index contributed by atoms with van der Waals surface area (Å²) in [6.07, 6.45) is 2.59. The second-order valence-corrected chi connectivity index (χ2v) is 4.78. The molecule has 100 valence electrons. The number of halogens is 3. The van der Waals surface area contributed by atoms with Crippen LogP contribution in [0.5, 0.6) is 5.75 Å². The van der Waals surface area contributed by atoms with Crippen LogP contribution in [0.25, 0.3) is 0 Å². The highest BCUT2D eigenvalue weighted by atomic mass is 35.5. The van der Waals surface area contributed by atoms with Crippen LogP contribution in [0.3, 0.4) is 0 Å². The summed E-state index contributed by atoms with van der Waals surface area (Å²) in [5, 5.41) is 11.2. The van der Waals surface area contributed by atoms with E-state index in [9.17, 15) is 10.1 Å². The molecule has 0 radical (unpaired) electrons. The van der Waals surface area contributed by atoms with Crippen LogP contribution < -0.4 is 4.74 Å². The van der Waals surface area contributed by atoms with E-state index in [-0.39, 0.29) is 21.5 Å². The van der Waals surface area contributed by atoms with Gasteiger partial charge in [0.25, 0.3) is 0 Å². The molecule has 0 bridgehead atoms. The molecule has 0 heterocycles. The van der Waals surface area contributed by atoms with E-state index >= 15 is 0 Å². The van der Waals surface area contributed by atoms with Gasteiger partial charge < -0.3 is 4.74 Å². The SMILES string of the molecule is O=[N+]([O-])c1cc(Cl)c(Cl)cc1OCCCCCCl. The molecule has 0 aromatic heterocycles. The third-order valence-corrected chi connectivity index (χ3v) is 3.22. The Labute approximate surface area is 120 Å². The van der Waals surface area contributed by atoms with Crippen LogP contribution in [0.15, 0.2) is 12.1 Å². The lowest BCUT2D eigenvalue weighted by molar-refractivity contribution is -0.385. The first kappa shape index (κ1) is 15.3. The highest BCUT2D eigenvalue weighted by Crippen LogP contribution is 2.35. The van der Waals surface area contributed by atoms with Gasteiger partial charge in [0.2, 0.25) is 0 Å². The molecule has 0 aliphatic heterocycles. The maximum atomic E-state index is 10.8. The van der Waals surface area contributed by atoms with Gasteiger partial charge in [-0.25, -0.2) is 0 Å². The molecule has 0 aliphatic carbocycles. The normalized spacial score (nSPS) is 10.4. The summed E-state index contributed by atoms with van der Waals surface area (Å²) in [6.45, 7) is 0.385. The van der Waals surface area contributed by atoms with E-state index in [0.29, 0.717) is 12.5 Å². The fourth-order valence-electron chi connectivity index (χ4n) is 1.33. The molecule has 0 amide bonds. The summed E-state index contributed by atoms with van der Waals surface area (Å²) in [5.74, 6) is 0.743. The monoisotopic (exact) mass is 311 g/mol. The molecule has 0 unspecified atom stereocenters. The van der Waals surface area contributed by atoms with Crippen LogP contribution >= 0.6 is 34.8 Å². The van der Waals surface area contributed by atoms with Crippen molar-refractivity contribution in [2.24, 2.45) is 0 Å². The summed E-state index contributed by atoms with van der Waals surface area (Å²) >= 11 is 17.1. The number of hydrogen-bond donors (Lipinski definition) is 0. The predicted octanol–water partition coefficient (Wildman–Crippen LogP) is 4.69. The Morgan fingerprint density at radius 3 is 2.44 bits per heavy atom. The van der Waals surface area contributed by atoms with Crippen LogP contribution in [0.1, 0.15) is 19.3 Å². The Morgan fingerprint density at radius 1 is 1.17 bits per heavy atom. The molecular weight excluding hydrogens is 300 g/mol. The number of nitrogens with zero attached hydrogens (tertiary/aromatic N) is 1. The third-order valence-electron chi connectivity index (χ3n) is 2.23. The minimum atomic E-state index is -0.545. The largest absolute Gasteiger partial charge is 0.487 e. The lowest BCUT2D eigenvalue weighted by Gasteiger charge is -2.07. The molecule has 1 rings (SSSR count). The molecule has 1 aromatic rings. The van der Waals surface area contributed by atoms with Crippen molar-refractivity contribution in [3.05, 3.63) is 32.3 Å². The highest BCUT2D eigenvalue weighted by Gasteiger charge is 2.18. The van der Waals surface area contributed by atoms with Crippen molar-refractivity contribution < 1.29 is 9.66 Å². The van der Waals surface area contributed by atoms with Crippen molar-refractivity contribution in [3.8, 4) is 5.75 Å². The zero-order chi connectivity index (χ0) is 13.5. The predicted molar refractivity (Wildman–Crippen MR) is 73.2 cm³/mol. The van der Waals surface area contributed by atoms with Gasteiger partial charge in [-0.1, -0.05) is 23.2 Å². The van der Waals surface area contributed by atoms with Crippen molar-refractivity contribution in [1.82, 2.24) is 0 Å². The quantitative estimate of drug-likeness (QED) is 0.318. The van der Waals surface area contributed by atoms with Crippen LogP contribution in [0.2, 0.25) is 10.0 Å². The number of ether oxygens (including phenoxy) is 1. The minimum Gasteiger partial charge on any atom is -0.487 e. The molecule has 7 heteroatoms. The minimum absolute atomic E-state index is 0.137. The molecule has 0 saturated heterocycles. The number of benzene rings is 1. The van der Waals surface area contributed by atoms with E-state index in [1.54, 1.807) is 0 Å². The average Bonchev–Trinajstić information content (AvgIpc) is 2.32. The van der Waals surface area contributed by atoms with Gasteiger partial charge in [0.05, 0.1) is 21.6 Å². The average molecular weight is 313 g/mol. The van der Waals surface area contributed by atoms with Gasteiger partial charge in [-0.15, -0.1) is 11.6 Å². The fourth-order valence-corrected chi connectivity index (χ4v) is 1.83. The topological polar surface area (TPSA) is 52.4 Å². The first-order valence-corrected chi connectivity index (χ1v) is 6.67. The van der Waals surface area contributed by atoms with Crippen LogP contribution in [-0.4, -0.2) is 17.4 Å². The summed E-state index contributed by atoms with van der Waals surface area (Å²) in [6, 6.07) is 2.56. The molecule has 0 spiro atoms. The van der Waals surface area contributed by atoms with Crippen molar-refractivity contribution in [1.29, 1.82) is 0 Å². The first-order valence-electron chi connectivity index (χ1n) is 5.38. The molecule has 0 saturated carbocycles. The van der Waals surface area contributed by atoms with Gasteiger partial charge in [-0.2, -0.15) is 0 Å². The second-order valence-electron chi connectivity index (χ2n) is 3.59. The molecule has 18 heavy (non-hydrogen) atoms. The Hall–Kier alpha value is -0.710. The van der Waals surface area contributed by atoms with Crippen molar-refractivity contribution in [2.75, 3.05) is 12.5 Å². The zero-order valence-electron chi connectivity index (χ0n) is 9.50. The molecule has 4 nitrogen and oxygen atoms in total. The van der Waals surface area contributed by atoms with Crippen LogP contribution in [0, 0.1) is 10.1 Å². The van der Waals surface area contributed by atoms with E-state index in [1.165, 1.54) is 12.1 Å². The molecule has 0 N–H and O–H groups in total. The van der Waals surface area contributed by atoms with E-state index < -0.39 is 4.92 Å². The Bertz CT molecular complexity index is 426. The van der Waals surface area contributed by atoms with Gasteiger partial charge in [0.1, 0.15) is 0 Å². The highest BCUT2D eigenvalue weighted by molar-refractivity contribution is 6.42. The van der Waals surface area contributed by atoms with Gasteiger partial charge in [-0.3, -0.25) is 10.1 Å². The summed E-state index contributed by atoms with van der Waals surface area (Å²) < 4.78 is 5.35. The summed E-state index contributed by atoms with van der Waals surface area (Å²) in [7, 11) is 0. The second kappa shape index (κ2) is 7.67. The number of nitro benzene ring substituents is 1.